The molecule has 0 saturated heterocycles. The summed E-state index contributed by atoms with van der Waals surface area (Å²) in [4.78, 5) is 16.9. The Balaban J connectivity index is 1.78. The van der Waals surface area contributed by atoms with Crippen LogP contribution in [0.15, 0.2) is 72.3 Å². The van der Waals surface area contributed by atoms with Crippen LogP contribution in [0.5, 0.6) is 5.88 Å². The Morgan fingerprint density at radius 1 is 1.04 bits per heavy atom. The smallest absolute Gasteiger partial charge is 0.255 e. The van der Waals surface area contributed by atoms with Gasteiger partial charge in [-0.15, -0.1) is 0 Å². The van der Waals surface area contributed by atoms with Gasteiger partial charge in [-0.05, 0) is 29.8 Å². The van der Waals surface area contributed by atoms with E-state index in [4.69, 9.17) is 4.74 Å². The van der Waals surface area contributed by atoms with Crippen LogP contribution in [0.1, 0.15) is 11.1 Å². The minimum absolute atomic E-state index is 0.130. The number of hydrogen-bond acceptors (Lipinski definition) is 3. The molecular weight excluding hydrogens is 312 g/mol. The second kappa shape index (κ2) is 6.24. The molecule has 1 aliphatic rings. The molecule has 4 nitrogen and oxygen atoms in total. The third-order valence-electron chi connectivity index (χ3n) is 4.12. The maximum Gasteiger partial charge on any atom is 0.255 e. The number of amides is 1. The molecule has 2 aromatic carbocycles. The van der Waals surface area contributed by atoms with Crippen LogP contribution < -0.4 is 10.1 Å². The second-order valence-electron chi connectivity index (χ2n) is 5.76. The molecule has 0 fully saturated rings. The number of methoxy groups -OCH3 is 1. The van der Waals surface area contributed by atoms with Crippen molar-refractivity contribution in [2.75, 3.05) is 7.11 Å². The highest BCUT2D eigenvalue weighted by Crippen LogP contribution is 2.27. The minimum Gasteiger partial charge on any atom is -0.481 e. The maximum absolute atomic E-state index is 12.3. The average molecular weight is 328 g/mol. The first-order chi connectivity index (χ1) is 12.2. The van der Waals surface area contributed by atoms with Crippen LogP contribution in [0, 0.1) is 0 Å². The topological polar surface area (TPSA) is 51.2 Å². The summed E-state index contributed by atoms with van der Waals surface area (Å²) in [6.07, 6.45) is 3.66. The van der Waals surface area contributed by atoms with Gasteiger partial charge in [-0.3, -0.25) is 4.79 Å². The molecule has 25 heavy (non-hydrogen) atoms. The first kappa shape index (κ1) is 15.1. The summed E-state index contributed by atoms with van der Waals surface area (Å²) in [5.41, 5.74) is 3.98. The van der Waals surface area contributed by atoms with Crippen LogP contribution in [0.4, 0.5) is 0 Å². The number of benzene rings is 2. The molecule has 0 saturated carbocycles. The summed E-state index contributed by atoms with van der Waals surface area (Å²) >= 11 is 0. The lowest BCUT2D eigenvalue weighted by Gasteiger charge is -2.06. The van der Waals surface area contributed by atoms with E-state index in [1.165, 1.54) is 0 Å². The highest BCUT2D eigenvalue weighted by Gasteiger charge is 2.19. The molecule has 0 atom stereocenters. The van der Waals surface area contributed by atoms with Crippen LogP contribution in [-0.2, 0) is 4.79 Å². The molecule has 2 heterocycles. The van der Waals surface area contributed by atoms with Crippen molar-refractivity contribution < 1.29 is 9.53 Å². The minimum atomic E-state index is -0.130. The Hall–Kier alpha value is -3.40. The van der Waals surface area contributed by atoms with E-state index in [9.17, 15) is 4.79 Å². The highest BCUT2D eigenvalue weighted by molar-refractivity contribution is 6.11. The van der Waals surface area contributed by atoms with Crippen LogP contribution in [-0.4, -0.2) is 18.0 Å². The van der Waals surface area contributed by atoms with E-state index in [0.29, 0.717) is 11.5 Å². The zero-order chi connectivity index (χ0) is 17.2. The number of carbonyl (C=O) groups excluding carboxylic acids is 1. The van der Waals surface area contributed by atoms with Crippen molar-refractivity contribution in [2.24, 2.45) is 0 Å². The van der Waals surface area contributed by atoms with Crippen LogP contribution >= 0.6 is 0 Å². The van der Waals surface area contributed by atoms with Crippen LogP contribution in [0.25, 0.3) is 22.7 Å². The zero-order valence-corrected chi connectivity index (χ0v) is 13.7. The van der Waals surface area contributed by atoms with E-state index in [1.807, 2.05) is 72.8 Å². The van der Waals surface area contributed by atoms with Gasteiger partial charge in [0, 0.05) is 22.2 Å². The lowest BCUT2D eigenvalue weighted by Crippen LogP contribution is -2.15. The number of nitrogens with one attached hydrogen (secondary N) is 1. The van der Waals surface area contributed by atoms with Gasteiger partial charge in [-0.1, -0.05) is 48.5 Å². The summed E-state index contributed by atoms with van der Waals surface area (Å²) in [5, 5.41) is 3.91. The largest absolute Gasteiger partial charge is 0.481 e. The lowest BCUT2D eigenvalue weighted by atomic mass is 10.1. The summed E-state index contributed by atoms with van der Waals surface area (Å²) in [5.74, 6) is 0.370. The Kier molecular flexibility index (Phi) is 3.78. The zero-order valence-electron chi connectivity index (χ0n) is 13.7. The van der Waals surface area contributed by atoms with Crippen molar-refractivity contribution in [3.63, 3.8) is 0 Å². The Bertz CT molecular complexity index is 1020. The van der Waals surface area contributed by atoms with E-state index >= 15 is 0 Å². The summed E-state index contributed by atoms with van der Waals surface area (Å²) in [6, 6.07) is 19.6. The fourth-order valence-corrected chi connectivity index (χ4v) is 2.88. The molecular formula is C21H16N2O2. The number of aromatic nitrogens is 1. The molecule has 0 radical (unpaired) electrons. The van der Waals surface area contributed by atoms with Gasteiger partial charge in [0.25, 0.3) is 5.91 Å². The normalized spacial score (nSPS) is 15.3. The van der Waals surface area contributed by atoms with Crippen molar-refractivity contribution in [1.29, 1.82) is 0 Å². The standard InChI is InChI=1S/C21H16N2O2/c1-25-21-17(11-15-9-5-6-10-18(15)23-21)12-16-13-19(22-20(16)24)14-7-3-2-4-8-14/h2-13H,1H3,(H,22,24)/b16-12-. The number of para-hydroxylation sites is 1. The lowest BCUT2D eigenvalue weighted by molar-refractivity contribution is -0.115. The monoisotopic (exact) mass is 328 g/mol. The molecule has 1 aliphatic heterocycles. The fraction of sp³-hybridized carbons (Fsp3) is 0.0476. The molecule has 1 N–H and O–H groups in total. The average Bonchev–Trinajstić information content (AvgIpc) is 3.02. The summed E-state index contributed by atoms with van der Waals surface area (Å²) in [7, 11) is 1.58. The summed E-state index contributed by atoms with van der Waals surface area (Å²) in [6.45, 7) is 0. The number of hydrogen-bond donors (Lipinski definition) is 1. The Morgan fingerprint density at radius 3 is 2.60 bits per heavy atom. The first-order valence-corrected chi connectivity index (χ1v) is 7.98. The van der Waals surface area contributed by atoms with E-state index < -0.39 is 0 Å². The Morgan fingerprint density at radius 2 is 1.80 bits per heavy atom. The van der Waals surface area contributed by atoms with E-state index in [-0.39, 0.29) is 5.91 Å². The summed E-state index contributed by atoms with van der Waals surface area (Å²) < 4.78 is 5.40. The molecule has 0 bridgehead atoms. The van der Waals surface area contributed by atoms with Crippen LogP contribution in [0.2, 0.25) is 0 Å². The Labute approximate surface area is 145 Å². The van der Waals surface area contributed by atoms with Crippen LogP contribution in [0.3, 0.4) is 0 Å². The molecule has 0 aliphatic carbocycles. The number of nitrogens with zero attached hydrogens (tertiary/aromatic N) is 1. The predicted octanol–water partition coefficient (Wildman–Crippen LogP) is 3.80. The molecule has 4 rings (SSSR count). The van der Waals surface area contributed by atoms with Crippen molar-refractivity contribution in [3.05, 3.63) is 83.4 Å². The van der Waals surface area contributed by atoms with Gasteiger partial charge in [-0.25, -0.2) is 4.98 Å². The third-order valence-corrected chi connectivity index (χ3v) is 4.12. The molecule has 3 aromatic rings. The second-order valence-corrected chi connectivity index (χ2v) is 5.76. The van der Waals surface area contributed by atoms with Gasteiger partial charge in [0.1, 0.15) is 0 Å². The third kappa shape index (κ3) is 2.90. The number of rotatable bonds is 3. The quantitative estimate of drug-likeness (QED) is 0.744. The van der Waals surface area contributed by atoms with Gasteiger partial charge in [-0.2, -0.15) is 0 Å². The number of carbonyl (C=O) groups is 1. The van der Waals surface area contributed by atoms with Crippen molar-refractivity contribution >= 4 is 28.6 Å². The molecule has 1 aromatic heterocycles. The van der Waals surface area contributed by atoms with Gasteiger partial charge in [0.2, 0.25) is 5.88 Å². The first-order valence-electron chi connectivity index (χ1n) is 7.98. The molecule has 0 unspecified atom stereocenters. The van der Waals surface area contributed by atoms with Gasteiger partial charge in [0.05, 0.1) is 12.6 Å². The molecule has 1 amide bonds. The number of pyridine rings is 1. The van der Waals surface area contributed by atoms with E-state index in [1.54, 1.807) is 7.11 Å². The molecule has 122 valence electrons. The van der Waals surface area contributed by atoms with Gasteiger partial charge in [0.15, 0.2) is 0 Å². The number of ether oxygens (including phenoxy) is 1. The predicted molar refractivity (Wildman–Crippen MR) is 98.8 cm³/mol. The molecule has 0 spiro atoms. The van der Waals surface area contributed by atoms with E-state index in [0.717, 1.165) is 27.7 Å². The maximum atomic E-state index is 12.3. The SMILES string of the molecule is COc1nc2ccccc2cc1/C=C1/C=C(c2ccccc2)NC1=O. The van der Waals surface area contributed by atoms with E-state index in [2.05, 4.69) is 10.3 Å². The van der Waals surface area contributed by atoms with Gasteiger partial charge >= 0.3 is 0 Å². The van der Waals surface area contributed by atoms with Crippen molar-refractivity contribution in [1.82, 2.24) is 10.3 Å². The van der Waals surface area contributed by atoms with Crippen molar-refractivity contribution in [3.8, 4) is 5.88 Å². The van der Waals surface area contributed by atoms with Gasteiger partial charge < -0.3 is 10.1 Å². The highest BCUT2D eigenvalue weighted by atomic mass is 16.5. The number of fused-ring (bicyclic) bond motifs is 1. The fourth-order valence-electron chi connectivity index (χ4n) is 2.88. The van der Waals surface area contributed by atoms with Crippen molar-refractivity contribution in [2.45, 2.75) is 0 Å². The molecule has 4 heteroatoms.